The van der Waals surface area contributed by atoms with E-state index in [1.165, 1.54) is 12.1 Å². The number of aliphatic hydroxyl groups is 2. The highest BCUT2D eigenvalue weighted by atomic mass is 16.6. The zero-order valence-electron chi connectivity index (χ0n) is 23.4. The van der Waals surface area contributed by atoms with Crippen LogP contribution in [0.2, 0.25) is 0 Å². The number of nitro groups is 2. The molecule has 1 unspecified atom stereocenters. The number of rotatable bonds is 9. The lowest BCUT2D eigenvalue weighted by Crippen LogP contribution is -2.20. The van der Waals surface area contributed by atoms with E-state index in [1.54, 1.807) is 53.1 Å². The molecule has 2 aromatic heterocycles. The molecule has 0 saturated carbocycles. The SMILES string of the molecule is C=CCn1c(-c2ccccc2[N+](=O)[O-])nc2ccccc21.O=[N+]([O-])c1ccccc1-c1nc2ccccc2n1CC(O)CO. The van der Waals surface area contributed by atoms with Crippen molar-refractivity contribution in [3.63, 3.8) is 0 Å². The first-order valence-electron chi connectivity index (χ1n) is 13.6. The fraction of sp³-hybridized carbons (Fsp3) is 0.125. The van der Waals surface area contributed by atoms with Gasteiger partial charge in [0, 0.05) is 18.7 Å². The quantitative estimate of drug-likeness (QED) is 0.122. The van der Waals surface area contributed by atoms with Gasteiger partial charge in [0.05, 0.1) is 62.3 Å². The van der Waals surface area contributed by atoms with Crippen LogP contribution in [0.3, 0.4) is 0 Å². The normalized spacial score (nSPS) is 11.6. The summed E-state index contributed by atoms with van der Waals surface area (Å²) in [6.07, 6.45) is 0.779. The molecule has 0 fully saturated rings. The molecule has 12 nitrogen and oxygen atoms in total. The molecular weight excluding hydrogens is 564 g/mol. The second kappa shape index (κ2) is 13.1. The molecule has 222 valence electrons. The molecule has 44 heavy (non-hydrogen) atoms. The van der Waals surface area contributed by atoms with Gasteiger partial charge in [-0.25, -0.2) is 9.97 Å². The minimum absolute atomic E-state index is 0.0532. The van der Waals surface area contributed by atoms with Crippen molar-refractivity contribution >= 4 is 33.4 Å². The number of nitrogens with zero attached hydrogens (tertiary/aromatic N) is 6. The van der Waals surface area contributed by atoms with Gasteiger partial charge in [-0.2, -0.15) is 0 Å². The fourth-order valence-corrected chi connectivity index (χ4v) is 4.97. The van der Waals surface area contributed by atoms with Gasteiger partial charge in [0.15, 0.2) is 0 Å². The number of benzene rings is 4. The maximum absolute atomic E-state index is 11.3. The van der Waals surface area contributed by atoms with E-state index in [2.05, 4.69) is 16.5 Å². The van der Waals surface area contributed by atoms with Crippen LogP contribution in [0.15, 0.2) is 110 Å². The van der Waals surface area contributed by atoms with Gasteiger partial charge in [0.2, 0.25) is 0 Å². The van der Waals surface area contributed by atoms with Crippen LogP contribution in [0.5, 0.6) is 0 Å². The van der Waals surface area contributed by atoms with Crippen LogP contribution in [-0.2, 0) is 13.1 Å². The number of fused-ring (bicyclic) bond motifs is 2. The Kier molecular flexibility index (Phi) is 8.84. The second-order valence-electron chi connectivity index (χ2n) is 9.74. The smallest absolute Gasteiger partial charge is 0.280 e. The Hall–Kier alpha value is -5.72. The van der Waals surface area contributed by atoms with Crippen molar-refractivity contribution in [2.24, 2.45) is 0 Å². The van der Waals surface area contributed by atoms with Gasteiger partial charge in [-0.1, -0.05) is 54.6 Å². The first kappa shape index (κ1) is 29.8. The van der Waals surface area contributed by atoms with Crippen LogP contribution in [-0.4, -0.2) is 51.9 Å². The molecule has 12 heteroatoms. The van der Waals surface area contributed by atoms with Crippen LogP contribution < -0.4 is 0 Å². The zero-order chi connectivity index (χ0) is 31.2. The molecule has 0 bridgehead atoms. The number of hydrogen-bond acceptors (Lipinski definition) is 8. The molecule has 2 N–H and O–H groups in total. The third-order valence-corrected chi connectivity index (χ3v) is 6.91. The van der Waals surface area contributed by atoms with Gasteiger partial charge < -0.3 is 19.3 Å². The van der Waals surface area contributed by atoms with E-state index in [9.17, 15) is 25.3 Å². The van der Waals surface area contributed by atoms with Crippen molar-refractivity contribution in [1.82, 2.24) is 19.1 Å². The van der Waals surface area contributed by atoms with E-state index >= 15 is 0 Å². The summed E-state index contributed by atoms with van der Waals surface area (Å²) in [7, 11) is 0. The van der Waals surface area contributed by atoms with Crippen LogP contribution >= 0.6 is 0 Å². The number of para-hydroxylation sites is 6. The van der Waals surface area contributed by atoms with Crippen molar-refractivity contribution in [3.8, 4) is 22.8 Å². The molecule has 2 heterocycles. The Morgan fingerprint density at radius 1 is 0.727 bits per heavy atom. The molecule has 0 aliphatic heterocycles. The zero-order valence-corrected chi connectivity index (χ0v) is 23.4. The van der Waals surface area contributed by atoms with Crippen molar-refractivity contribution in [2.75, 3.05) is 6.61 Å². The van der Waals surface area contributed by atoms with Crippen molar-refractivity contribution in [1.29, 1.82) is 0 Å². The molecule has 6 rings (SSSR count). The molecule has 0 radical (unpaired) electrons. The molecule has 4 aromatic carbocycles. The topological polar surface area (TPSA) is 162 Å². The van der Waals surface area contributed by atoms with Gasteiger partial charge in [0.1, 0.15) is 11.6 Å². The molecule has 0 saturated heterocycles. The maximum atomic E-state index is 11.3. The number of aliphatic hydroxyl groups excluding tert-OH is 2. The fourth-order valence-electron chi connectivity index (χ4n) is 4.97. The minimum atomic E-state index is -0.978. The average Bonchev–Trinajstić information content (AvgIpc) is 3.60. The predicted octanol–water partition coefficient (Wildman–Crippen LogP) is 5.76. The monoisotopic (exact) mass is 592 g/mol. The summed E-state index contributed by atoms with van der Waals surface area (Å²) in [5, 5.41) is 41.4. The molecule has 0 aliphatic rings. The Morgan fingerprint density at radius 3 is 1.64 bits per heavy atom. The molecule has 0 spiro atoms. The van der Waals surface area contributed by atoms with E-state index in [-0.39, 0.29) is 22.8 Å². The van der Waals surface area contributed by atoms with E-state index in [1.807, 2.05) is 47.0 Å². The lowest BCUT2D eigenvalue weighted by molar-refractivity contribution is -0.384. The Morgan fingerprint density at radius 2 is 1.16 bits per heavy atom. The highest BCUT2D eigenvalue weighted by Gasteiger charge is 2.22. The number of aromatic nitrogens is 4. The Bertz CT molecular complexity index is 1980. The summed E-state index contributed by atoms with van der Waals surface area (Å²) in [5.74, 6) is 0.981. The first-order valence-corrected chi connectivity index (χ1v) is 13.6. The van der Waals surface area contributed by atoms with Gasteiger partial charge in [-0.05, 0) is 36.4 Å². The summed E-state index contributed by atoms with van der Waals surface area (Å²) >= 11 is 0. The summed E-state index contributed by atoms with van der Waals surface area (Å²) in [6, 6.07) is 27.9. The van der Waals surface area contributed by atoms with Gasteiger partial charge >= 0.3 is 0 Å². The van der Waals surface area contributed by atoms with Crippen molar-refractivity contribution in [2.45, 2.75) is 19.2 Å². The number of nitro benzene ring substituents is 2. The summed E-state index contributed by atoms with van der Waals surface area (Å²) in [4.78, 5) is 30.7. The Balaban J connectivity index is 0.000000175. The Labute approximate surface area is 251 Å². The van der Waals surface area contributed by atoms with Gasteiger partial charge in [-0.15, -0.1) is 6.58 Å². The van der Waals surface area contributed by atoms with Gasteiger partial charge in [0.25, 0.3) is 11.4 Å². The largest absolute Gasteiger partial charge is 0.394 e. The molecule has 0 amide bonds. The summed E-state index contributed by atoms with van der Waals surface area (Å²) < 4.78 is 3.63. The number of allylic oxidation sites excluding steroid dienone is 1. The molecular formula is C32H28N6O6. The third kappa shape index (κ3) is 5.93. The average molecular weight is 593 g/mol. The van der Waals surface area contributed by atoms with Crippen LogP contribution in [0.1, 0.15) is 0 Å². The van der Waals surface area contributed by atoms with Crippen LogP contribution in [0, 0.1) is 20.2 Å². The van der Waals surface area contributed by atoms with E-state index in [4.69, 9.17) is 5.11 Å². The first-order chi connectivity index (χ1) is 21.3. The maximum Gasteiger partial charge on any atom is 0.280 e. The highest BCUT2D eigenvalue weighted by Crippen LogP contribution is 2.33. The van der Waals surface area contributed by atoms with Crippen LogP contribution in [0.4, 0.5) is 11.4 Å². The standard InChI is InChI=1S/C16H15N3O4.C16H13N3O2/c20-10-11(21)9-18-15-8-4-2-6-13(15)17-16(18)12-5-1-3-7-14(12)19(22)23;1-2-11-18-15-10-6-4-8-13(15)17-16(18)12-7-3-5-9-14(12)19(20)21/h1-8,11,20-21H,9-10H2;2-10H,1,11H2. The van der Waals surface area contributed by atoms with E-state index in [0.717, 1.165) is 16.6 Å². The number of hydrogen-bond donors (Lipinski definition) is 2. The highest BCUT2D eigenvalue weighted by molar-refractivity contribution is 5.84. The molecule has 6 aromatic rings. The van der Waals surface area contributed by atoms with Crippen molar-refractivity contribution in [3.05, 3.63) is 130 Å². The van der Waals surface area contributed by atoms with E-state index in [0.29, 0.717) is 34.8 Å². The second-order valence-corrected chi connectivity index (χ2v) is 9.74. The lowest BCUT2D eigenvalue weighted by Gasteiger charge is -2.12. The van der Waals surface area contributed by atoms with Gasteiger partial charge in [-0.3, -0.25) is 20.2 Å². The molecule has 0 aliphatic carbocycles. The lowest BCUT2D eigenvalue weighted by atomic mass is 10.1. The molecule has 1 atom stereocenters. The van der Waals surface area contributed by atoms with Crippen LogP contribution in [0.25, 0.3) is 44.8 Å². The number of imidazole rings is 2. The minimum Gasteiger partial charge on any atom is -0.394 e. The third-order valence-electron chi connectivity index (χ3n) is 6.91. The summed E-state index contributed by atoms with van der Waals surface area (Å²) in [6.45, 7) is 3.99. The van der Waals surface area contributed by atoms with Crippen molar-refractivity contribution < 1.29 is 20.1 Å². The predicted molar refractivity (Wildman–Crippen MR) is 167 cm³/mol. The summed E-state index contributed by atoms with van der Waals surface area (Å²) in [5.41, 5.74) is 4.05. The van der Waals surface area contributed by atoms with E-state index < -0.39 is 17.6 Å².